The highest BCUT2D eigenvalue weighted by Gasteiger charge is 2.46. The van der Waals surface area contributed by atoms with Gasteiger partial charge in [0.15, 0.2) is 11.3 Å². The number of benzene rings is 1. The summed E-state index contributed by atoms with van der Waals surface area (Å²) in [4.78, 5) is 17.5. The van der Waals surface area contributed by atoms with Crippen molar-refractivity contribution >= 4 is 18.0 Å². The van der Waals surface area contributed by atoms with Crippen molar-refractivity contribution in [1.29, 1.82) is 0 Å². The van der Waals surface area contributed by atoms with Crippen LogP contribution in [-0.4, -0.2) is 48.5 Å². The molecule has 0 aliphatic carbocycles. The predicted octanol–water partition coefficient (Wildman–Crippen LogP) is 2.23. The Morgan fingerprint density at radius 1 is 1.36 bits per heavy atom. The second-order valence-electron chi connectivity index (χ2n) is 7.00. The molecule has 0 saturated carbocycles. The summed E-state index contributed by atoms with van der Waals surface area (Å²) in [5, 5.41) is 8.85. The van der Waals surface area contributed by atoms with Gasteiger partial charge in [0, 0.05) is 36.8 Å². The van der Waals surface area contributed by atoms with Crippen molar-refractivity contribution in [3.63, 3.8) is 0 Å². The van der Waals surface area contributed by atoms with Gasteiger partial charge in [0.25, 0.3) is 0 Å². The first-order valence-electron chi connectivity index (χ1n) is 9.40. The van der Waals surface area contributed by atoms with E-state index >= 15 is 0 Å². The Labute approximate surface area is 169 Å². The molecule has 2 unspecified atom stereocenters. The number of hydrogen-bond donors (Lipinski definition) is 2. The minimum Gasteiger partial charge on any atom is -0.490 e. The fraction of sp³-hybridized carbons (Fsp3) is 0.333. The van der Waals surface area contributed by atoms with Crippen molar-refractivity contribution in [3.8, 4) is 5.75 Å². The number of pyridine rings is 1. The molecule has 2 aliphatic rings. The third kappa shape index (κ3) is 3.78. The third-order valence-corrected chi connectivity index (χ3v) is 6.36. The van der Waals surface area contributed by atoms with Crippen molar-refractivity contribution in [3.05, 3.63) is 71.0 Å². The number of nitrogens with zero attached hydrogens (tertiary/aromatic N) is 2. The lowest BCUT2D eigenvalue weighted by Crippen LogP contribution is -2.63. The van der Waals surface area contributed by atoms with Crippen LogP contribution in [0.15, 0.2) is 59.9 Å². The second-order valence-corrected chi connectivity index (χ2v) is 8.06. The quantitative estimate of drug-likeness (QED) is 0.726. The lowest BCUT2D eigenvalue weighted by atomic mass is 10.0. The Hall–Kier alpha value is -2.35. The molecule has 4 rings (SSSR count). The summed E-state index contributed by atoms with van der Waals surface area (Å²) in [5.74, 6) is 0.760. The van der Waals surface area contributed by atoms with E-state index < -0.39 is 4.99 Å². The van der Waals surface area contributed by atoms with Gasteiger partial charge >= 0.3 is 0 Å². The van der Waals surface area contributed by atoms with Crippen LogP contribution in [-0.2, 0) is 9.79 Å². The number of aryl methyl sites for hydroxylation is 1. The highest BCUT2D eigenvalue weighted by atomic mass is 32.2. The van der Waals surface area contributed by atoms with E-state index in [1.54, 1.807) is 24.2 Å². The largest absolute Gasteiger partial charge is 0.490 e. The molecule has 0 radical (unpaired) electrons. The minimum absolute atomic E-state index is 0.134. The summed E-state index contributed by atoms with van der Waals surface area (Å²) < 4.78 is 6.02. The average Bonchev–Trinajstić information content (AvgIpc) is 3.19. The molecule has 1 fully saturated rings. The first-order chi connectivity index (χ1) is 13.7. The topological polar surface area (TPSA) is 66.5 Å². The number of nitrogens with one attached hydrogen (secondary N) is 2. The van der Waals surface area contributed by atoms with E-state index in [1.165, 1.54) is 5.56 Å². The molecule has 0 bridgehead atoms. The first kappa shape index (κ1) is 19.0. The van der Waals surface area contributed by atoms with E-state index in [0.717, 1.165) is 37.2 Å². The normalized spacial score (nSPS) is 25.0. The highest BCUT2D eigenvalue weighted by molar-refractivity contribution is 8.03. The minimum atomic E-state index is -0.519. The number of aromatic nitrogens is 1. The summed E-state index contributed by atoms with van der Waals surface area (Å²) in [6.07, 6.45) is 4.34. The molecular formula is C21H24N4O2S. The molecule has 2 atom stereocenters. The molecule has 146 valence electrons. The summed E-state index contributed by atoms with van der Waals surface area (Å²) in [7, 11) is 0. The number of carbonyl (C=O) groups excluding carboxylic acids is 1. The van der Waals surface area contributed by atoms with E-state index in [1.807, 2.05) is 17.5 Å². The fourth-order valence-electron chi connectivity index (χ4n) is 3.63. The van der Waals surface area contributed by atoms with E-state index in [0.29, 0.717) is 12.3 Å². The van der Waals surface area contributed by atoms with Crippen LogP contribution in [0, 0.1) is 6.92 Å². The van der Waals surface area contributed by atoms with Gasteiger partial charge in [-0.25, -0.2) is 0 Å². The number of carbonyl (C=O) groups is 1. The molecule has 0 amide bonds. The molecule has 0 spiro atoms. The van der Waals surface area contributed by atoms with Crippen molar-refractivity contribution in [2.45, 2.75) is 18.0 Å². The Morgan fingerprint density at radius 2 is 2.21 bits per heavy atom. The SMILES string of the molecule is Cc1ccc(C2(N3CCNCC3COc3cccnc3)NC(C=O)=CS2)cc1. The van der Waals surface area contributed by atoms with E-state index in [9.17, 15) is 4.79 Å². The van der Waals surface area contributed by atoms with Gasteiger partial charge in [-0.1, -0.05) is 41.6 Å². The van der Waals surface area contributed by atoms with Gasteiger partial charge in [0.1, 0.15) is 12.4 Å². The first-order valence-corrected chi connectivity index (χ1v) is 10.3. The highest BCUT2D eigenvalue weighted by Crippen LogP contribution is 2.44. The van der Waals surface area contributed by atoms with Crippen LogP contribution in [0.25, 0.3) is 0 Å². The standard InChI is InChI=1S/C21H24N4O2S/c1-16-4-6-17(7-5-16)21(24-18(13-26)15-28-21)25-10-9-23-11-19(25)14-27-20-3-2-8-22-12-20/h2-8,12-13,15,19,23-24H,9-11,14H2,1H3. The van der Waals surface area contributed by atoms with E-state index in [4.69, 9.17) is 4.74 Å². The number of rotatable bonds is 6. The Kier molecular flexibility index (Phi) is 5.66. The molecule has 1 aromatic carbocycles. The molecule has 1 saturated heterocycles. The number of piperazine rings is 1. The van der Waals surface area contributed by atoms with Gasteiger partial charge in [-0.15, -0.1) is 0 Å². The summed E-state index contributed by atoms with van der Waals surface area (Å²) >= 11 is 1.64. The van der Waals surface area contributed by atoms with Gasteiger partial charge < -0.3 is 15.4 Å². The van der Waals surface area contributed by atoms with Crippen LogP contribution in [0.2, 0.25) is 0 Å². The summed E-state index contributed by atoms with van der Waals surface area (Å²) in [6.45, 7) is 5.15. The van der Waals surface area contributed by atoms with E-state index in [2.05, 4.69) is 51.7 Å². The van der Waals surface area contributed by atoms with Gasteiger partial charge in [0.05, 0.1) is 17.9 Å². The molecule has 6 nitrogen and oxygen atoms in total. The molecule has 2 N–H and O–H groups in total. The van der Waals surface area contributed by atoms with Gasteiger partial charge in [-0.2, -0.15) is 0 Å². The number of ether oxygens (including phenoxy) is 1. The zero-order chi connectivity index (χ0) is 19.4. The van der Waals surface area contributed by atoms with Crippen molar-refractivity contribution in [2.75, 3.05) is 26.2 Å². The number of aldehydes is 1. The van der Waals surface area contributed by atoms with Gasteiger partial charge in [-0.05, 0) is 19.1 Å². The number of allylic oxidation sites excluding steroid dienone is 1. The Balaban J connectivity index is 1.61. The molecular weight excluding hydrogens is 372 g/mol. The maximum Gasteiger partial charge on any atom is 0.170 e. The van der Waals surface area contributed by atoms with Crippen LogP contribution in [0.1, 0.15) is 11.1 Å². The lowest BCUT2D eigenvalue weighted by Gasteiger charge is -2.47. The second kappa shape index (κ2) is 8.34. The number of thioether (sulfide) groups is 1. The molecule has 1 aromatic heterocycles. The van der Waals surface area contributed by atoms with Gasteiger partial charge in [0.2, 0.25) is 0 Å². The predicted molar refractivity (Wildman–Crippen MR) is 111 cm³/mol. The van der Waals surface area contributed by atoms with Crippen LogP contribution in [0.3, 0.4) is 0 Å². The van der Waals surface area contributed by atoms with Crippen molar-refractivity contribution in [2.24, 2.45) is 0 Å². The van der Waals surface area contributed by atoms with Crippen LogP contribution in [0.5, 0.6) is 5.75 Å². The Bertz CT molecular complexity index is 843. The van der Waals surface area contributed by atoms with Crippen molar-refractivity contribution in [1.82, 2.24) is 20.5 Å². The number of hydrogen-bond acceptors (Lipinski definition) is 7. The van der Waals surface area contributed by atoms with E-state index in [-0.39, 0.29) is 6.04 Å². The van der Waals surface area contributed by atoms with Crippen LogP contribution >= 0.6 is 11.8 Å². The van der Waals surface area contributed by atoms with Crippen LogP contribution < -0.4 is 15.4 Å². The maximum atomic E-state index is 11.4. The lowest BCUT2D eigenvalue weighted by molar-refractivity contribution is -0.105. The Morgan fingerprint density at radius 3 is 2.93 bits per heavy atom. The average molecular weight is 397 g/mol. The fourth-order valence-corrected chi connectivity index (χ4v) is 4.87. The molecule has 7 heteroatoms. The van der Waals surface area contributed by atoms with Crippen LogP contribution in [0.4, 0.5) is 0 Å². The summed E-state index contributed by atoms with van der Waals surface area (Å²) in [5.41, 5.74) is 2.95. The molecule has 3 heterocycles. The zero-order valence-electron chi connectivity index (χ0n) is 15.8. The van der Waals surface area contributed by atoms with Crippen molar-refractivity contribution < 1.29 is 9.53 Å². The third-order valence-electron chi connectivity index (χ3n) is 5.07. The van der Waals surface area contributed by atoms with Gasteiger partial charge in [-0.3, -0.25) is 14.7 Å². The maximum absolute atomic E-state index is 11.4. The molecule has 2 aliphatic heterocycles. The smallest absolute Gasteiger partial charge is 0.170 e. The molecule has 28 heavy (non-hydrogen) atoms. The monoisotopic (exact) mass is 396 g/mol. The molecule has 2 aromatic rings. The zero-order valence-corrected chi connectivity index (χ0v) is 16.6. The summed E-state index contributed by atoms with van der Waals surface area (Å²) in [6, 6.07) is 12.4.